The molecular formula is C15H18N2O2S. The Bertz CT molecular complexity index is 582. The van der Waals surface area contributed by atoms with Crippen molar-refractivity contribution in [1.82, 2.24) is 0 Å². The first-order valence-electron chi connectivity index (χ1n) is 6.45. The highest BCUT2D eigenvalue weighted by molar-refractivity contribution is 7.10. The molecule has 0 saturated carbocycles. The molecule has 0 saturated heterocycles. The zero-order valence-electron chi connectivity index (χ0n) is 11.6. The number of nitrogens with two attached hydrogens (primary N) is 1. The topological polar surface area (TPSA) is 64.3 Å². The van der Waals surface area contributed by atoms with E-state index in [4.69, 9.17) is 10.5 Å². The summed E-state index contributed by atoms with van der Waals surface area (Å²) in [5.41, 5.74) is 7.63. The van der Waals surface area contributed by atoms with Crippen molar-refractivity contribution in [2.24, 2.45) is 5.73 Å². The highest BCUT2D eigenvalue weighted by atomic mass is 32.1. The number of benzene rings is 1. The van der Waals surface area contributed by atoms with Gasteiger partial charge in [-0.25, -0.2) is 0 Å². The Morgan fingerprint density at radius 2 is 2.25 bits per heavy atom. The number of rotatable bonds is 5. The van der Waals surface area contributed by atoms with Crippen molar-refractivity contribution in [3.05, 3.63) is 46.2 Å². The van der Waals surface area contributed by atoms with Crippen LogP contribution in [0, 0.1) is 6.92 Å². The third-order valence-corrected chi connectivity index (χ3v) is 3.85. The monoisotopic (exact) mass is 290 g/mol. The summed E-state index contributed by atoms with van der Waals surface area (Å²) in [6.07, 6.45) is 0. The van der Waals surface area contributed by atoms with Crippen molar-refractivity contribution in [2.75, 3.05) is 11.9 Å². The number of thiophene rings is 1. The van der Waals surface area contributed by atoms with Crippen molar-refractivity contribution in [2.45, 2.75) is 19.9 Å². The van der Waals surface area contributed by atoms with E-state index in [1.807, 2.05) is 49.6 Å². The maximum absolute atomic E-state index is 12.1. The third-order valence-electron chi connectivity index (χ3n) is 2.90. The van der Waals surface area contributed by atoms with Gasteiger partial charge < -0.3 is 15.8 Å². The van der Waals surface area contributed by atoms with E-state index in [0.29, 0.717) is 6.61 Å². The molecule has 1 aromatic carbocycles. The van der Waals surface area contributed by atoms with Gasteiger partial charge in [0.25, 0.3) is 0 Å². The number of ether oxygens (including phenoxy) is 1. The summed E-state index contributed by atoms with van der Waals surface area (Å²) in [5, 5.41) is 4.76. The van der Waals surface area contributed by atoms with E-state index in [9.17, 15) is 4.79 Å². The smallest absolute Gasteiger partial charge is 0.246 e. The molecule has 1 amide bonds. The molecule has 0 aliphatic heterocycles. The van der Waals surface area contributed by atoms with E-state index in [2.05, 4.69) is 5.32 Å². The molecule has 0 aliphatic rings. The van der Waals surface area contributed by atoms with Crippen LogP contribution in [0.15, 0.2) is 35.7 Å². The Morgan fingerprint density at radius 3 is 2.85 bits per heavy atom. The highest BCUT2D eigenvalue weighted by Gasteiger charge is 2.17. The van der Waals surface area contributed by atoms with Gasteiger partial charge in [-0.3, -0.25) is 4.79 Å². The van der Waals surface area contributed by atoms with Gasteiger partial charge in [0.1, 0.15) is 11.8 Å². The average Bonchev–Trinajstić information content (AvgIpc) is 2.95. The van der Waals surface area contributed by atoms with Crippen LogP contribution >= 0.6 is 11.3 Å². The lowest BCUT2D eigenvalue weighted by molar-refractivity contribution is -0.117. The number of aryl methyl sites for hydroxylation is 1. The van der Waals surface area contributed by atoms with E-state index < -0.39 is 6.04 Å². The van der Waals surface area contributed by atoms with Gasteiger partial charge in [0.15, 0.2) is 0 Å². The normalized spacial score (nSPS) is 11.9. The predicted molar refractivity (Wildman–Crippen MR) is 82.2 cm³/mol. The number of hydrogen-bond donors (Lipinski definition) is 2. The molecule has 20 heavy (non-hydrogen) atoms. The lowest BCUT2D eigenvalue weighted by Gasteiger charge is -2.13. The Kier molecular flexibility index (Phi) is 4.76. The molecule has 0 spiro atoms. The van der Waals surface area contributed by atoms with Crippen LogP contribution in [0.1, 0.15) is 23.4 Å². The standard InChI is InChI=1S/C15H18N2O2S/c1-3-19-11-6-7-12(10(2)9-11)17-15(18)14(16)13-5-4-8-20-13/h4-9,14H,3,16H2,1-2H3,(H,17,18). The Labute approximate surface area is 122 Å². The van der Waals surface area contributed by atoms with Gasteiger partial charge in [-0.15, -0.1) is 11.3 Å². The molecule has 2 rings (SSSR count). The summed E-state index contributed by atoms with van der Waals surface area (Å²) in [4.78, 5) is 13.0. The van der Waals surface area contributed by atoms with Crippen LogP contribution in [0.25, 0.3) is 0 Å². The molecule has 0 radical (unpaired) electrons. The summed E-state index contributed by atoms with van der Waals surface area (Å²) in [6.45, 7) is 4.48. The maximum atomic E-state index is 12.1. The van der Waals surface area contributed by atoms with Gasteiger partial charge in [-0.1, -0.05) is 6.07 Å². The molecule has 4 nitrogen and oxygen atoms in total. The van der Waals surface area contributed by atoms with Crippen molar-refractivity contribution >= 4 is 22.9 Å². The lowest BCUT2D eigenvalue weighted by Crippen LogP contribution is -2.27. The van der Waals surface area contributed by atoms with Gasteiger partial charge in [-0.05, 0) is 49.1 Å². The van der Waals surface area contributed by atoms with Crippen LogP contribution in [0.4, 0.5) is 5.69 Å². The van der Waals surface area contributed by atoms with Crippen molar-refractivity contribution in [1.29, 1.82) is 0 Å². The number of hydrogen-bond acceptors (Lipinski definition) is 4. The molecule has 1 aromatic heterocycles. The highest BCUT2D eigenvalue weighted by Crippen LogP contribution is 2.23. The Hall–Kier alpha value is -1.85. The minimum absolute atomic E-state index is 0.209. The number of anilines is 1. The predicted octanol–water partition coefficient (Wildman–Crippen LogP) is 3.09. The zero-order chi connectivity index (χ0) is 14.5. The Balaban J connectivity index is 2.08. The number of amides is 1. The van der Waals surface area contributed by atoms with E-state index in [0.717, 1.165) is 21.9 Å². The minimum atomic E-state index is -0.638. The second-order valence-electron chi connectivity index (χ2n) is 4.39. The lowest BCUT2D eigenvalue weighted by atomic mass is 10.1. The van der Waals surface area contributed by atoms with Gasteiger partial charge in [0, 0.05) is 10.6 Å². The van der Waals surface area contributed by atoms with Crippen LogP contribution in [-0.2, 0) is 4.79 Å². The van der Waals surface area contributed by atoms with Crippen molar-refractivity contribution in [3.8, 4) is 5.75 Å². The summed E-state index contributed by atoms with van der Waals surface area (Å²) in [7, 11) is 0. The van der Waals surface area contributed by atoms with Gasteiger partial charge >= 0.3 is 0 Å². The molecule has 0 fully saturated rings. The van der Waals surface area contributed by atoms with Crippen LogP contribution < -0.4 is 15.8 Å². The van der Waals surface area contributed by atoms with Crippen molar-refractivity contribution in [3.63, 3.8) is 0 Å². The van der Waals surface area contributed by atoms with Crippen LogP contribution in [0.3, 0.4) is 0 Å². The fourth-order valence-electron chi connectivity index (χ4n) is 1.84. The molecule has 106 valence electrons. The summed E-state index contributed by atoms with van der Waals surface area (Å²) in [6, 6.07) is 8.67. The quantitative estimate of drug-likeness (QED) is 0.889. The first-order valence-corrected chi connectivity index (χ1v) is 7.33. The van der Waals surface area contributed by atoms with Crippen LogP contribution in [0.2, 0.25) is 0 Å². The second-order valence-corrected chi connectivity index (χ2v) is 5.37. The number of carbonyl (C=O) groups excluding carboxylic acids is 1. The number of nitrogens with one attached hydrogen (secondary N) is 1. The Morgan fingerprint density at radius 1 is 1.45 bits per heavy atom. The molecule has 3 N–H and O–H groups in total. The first-order chi connectivity index (χ1) is 9.61. The van der Waals surface area contributed by atoms with E-state index in [1.54, 1.807) is 0 Å². The second kappa shape index (κ2) is 6.54. The maximum Gasteiger partial charge on any atom is 0.246 e. The third kappa shape index (κ3) is 3.37. The molecule has 0 bridgehead atoms. The summed E-state index contributed by atoms with van der Waals surface area (Å²) in [5.74, 6) is 0.588. The van der Waals surface area contributed by atoms with E-state index in [1.165, 1.54) is 11.3 Å². The van der Waals surface area contributed by atoms with E-state index >= 15 is 0 Å². The van der Waals surface area contributed by atoms with Crippen molar-refractivity contribution < 1.29 is 9.53 Å². The molecule has 1 atom stereocenters. The molecule has 1 unspecified atom stereocenters. The molecule has 0 aliphatic carbocycles. The molecule has 2 aromatic rings. The largest absolute Gasteiger partial charge is 0.494 e. The van der Waals surface area contributed by atoms with E-state index in [-0.39, 0.29) is 5.91 Å². The molecular weight excluding hydrogens is 272 g/mol. The fraction of sp³-hybridized carbons (Fsp3) is 0.267. The van der Waals surface area contributed by atoms with Crippen LogP contribution in [-0.4, -0.2) is 12.5 Å². The summed E-state index contributed by atoms with van der Waals surface area (Å²) < 4.78 is 5.42. The molecule has 1 heterocycles. The van der Waals surface area contributed by atoms with Gasteiger partial charge in [-0.2, -0.15) is 0 Å². The minimum Gasteiger partial charge on any atom is -0.494 e. The summed E-state index contributed by atoms with van der Waals surface area (Å²) >= 11 is 1.48. The number of carbonyl (C=O) groups is 1. The molecule has 5 heteroatoms. The first kappa shape index (κ1) is 14.6. The van der Waals surface area contributed by atoms with Gasteiger partial charge in [0.05, 0.1) is 6.61 Å². The fourth-order valence-corrected chi connectivity index (χ4v) is 2.57. The van der Waals surface area contributed by atoms with Gasteiger partial charge in [0.2, 0.25) is 5.91 Å². The zero-order valence-corrected chi connectivity index (χ0v) is 12.4. The average molecular weight is 290 g/mol. The van der Waals surface area contributed by atoms with Crippen LogP contribution in [0.5, 0.6) is 5.75 Å². The SMILES string of the molecule is CCOc1ccc(NC(=O)C(N)c2cccs2)c(C)c1.